The van der Waals surface area contributed by atoms with Crippen molar-refractivity contribution >= 4 is 17.6 Å². The molecule has 1 heterocycles. The first-order valence-electron chi connectivity index (χ1n) is 9.26. The monoisotopic (exact) mass is 401 g/mol. The van der Waals surface area contributed by atoms with Gasteiger partial charge in [-0.05, 0) is 45.9 Å². The van der Waals surface area contributed by atoms with Gasteiger partial charge in [0.25, 0.3) is 5.91 Å². The fourth-order valence-corrected chi connectivity index (χ4v) is 3.14. The lowest BCUT2D eigenvalue weighted by atomic mass is 10.1. The number of halogens is 3. The standard InChI is InChI=1S/C19H27F3N4O2/c1-13(16(27)23-17(28)24-18(2,3)4)25-8-10-26(11-9-25)15-7-5-6-14(12-15)19(20,21)22/h5-7,12-13H,8-11H2,1-4H3,(H2,23,24,27,28)/p+1/t13-/m0/s1. The van der Waals surface area contributed by atoms with Gasteiger partial charge < -0.3 is 15.1 Å². The van der Waals surface area contributed by atoms with Crippen molar-refractivity contribution in [1.29, 1.82) is 0 Å². The third kappa shape index (κ3) is 6.12. The fourth-order valence-electron chi connectivity index (χ4n) is 3.14. The Morgan fingerprint density at radius 1 is 1.14 bits per heavy atom. The summed E-state index contributed by atoms with van der Waals surface area (Å²) in [5.41, 5.74) is -0.593. The third-order valence-corrected chi connectivity index (χ3v) is 4.68. The molecule has 1 aromatic rings. The van der Waals surface area contributed by atoms with Gasteiger partial charge in [0.05, 0.1) is 31.7 Å². The molecule has 2 rings (SSSR count). The molecule has 1 saturated heterocycles. The molecule has 28 heavy (non-hydrogen) atoms. The Bertz CT molecular complexity index is 708. The minimum atomic E-state index is -4.37. The second kappa shape index (κ2) is 8.38. The zero-order valence-electron chi connectivity index (χ0n) is 16.6. The molecular formula is C19H28F3N4O2+. The molecular weight excluding hydrogens is 373 g/mol. The molecule has 0 aromatic heterocycles. The number of benzene rings is 1. The van der Waals surface area contributed by atoms with Crippen LogP contribution in [0.25, 0.3) is 0 Å². The molecule has 156 valence electrons. The number of nitrogens with zero attached hydrogens (tertiary/aromatic N) is 1. The molecule has 6 nitrogen and oxygen atoms in total. The molecule has 0 aliphatic carbocycles. The molecule has 3 amide bonds. The molecule has 0 unspecified atom stereocenters. The van der Waals surface area contributed by atoms with E-state index in [2.05, 4.69) is 10.6 Å². The van der Waals surface area contributed by atoms with Crippen molar-refractivity contribution in [2.24, 2.45) is 0 Å². The maximum absolute atomic E-state index is 12.9. The normalized spacial score (nSPS) is 17.2. The summed E-state index contributed by atoms with van der Waals surface area (Å²) in [6, 6.07) is 4.30. The summed E-state index contributed by atoms with van der Waals surface area (Å²) in [5.74, 6) is -0.371. The van der Waals surface area contributed by atoms with Crippen LogP contribution in [0.2, 0.25) is 0 Å². The van der Waals surface area contributed by atoms with Crippen molar-refractivity contribution < 1.29 is 27.7 Å². The van der Waals surface area contributed by atoms with Gasteiger partial charge in [0, 0.05) is 11.2 Å². The van der Waals surface area contributed by atoms with Crippen LogP contribution in [0.3, 0.4) is 0 Å². The molecule has 9 heteroatoms. The summed E-state index contributed by atoms with van der Waals surface area (Å²) < 4.78 is 38.7. The Balaban J connectivity index is 1.91. The average Bonchev–Trinajstić information content (AvgIpc) is 2.59. The van der Waals surface area contributed by atoms with E-state index in [0.717, 1.165) is 17.0 Å². The molecule has 1 aromatic carbocycles. The van der Waals surface area contributed by atoms with Crippen molar-refractivity contribution in [3.8, 4) is 0 Å². The first-order chi connectivity index (χ1) is 12.9. The lowest BCUT2D eigenvalue weighted by Crippen LogP contribution is -3.19. The lowest BCUT2D eigenvalue weighted by Gasteiger charge is -2.36. The number of rotatable bonds is 3. The molecule has 0 saturated carbocycles. The van der Waals surface area contributed by atoms with Crippen LogP contribution < -0.4 is 20.4 Å². The number of hydrogen-bond acceptors (Lipinski definition) is 3. The van der Waals surface area contributed by atoms with Crippen molar-refractivity contribution in [2.75, 3.05) is 31.1 Å². The summed E-state index contributed by atoms with van der Waals surface area (Å²) >= 11 is 0. The molecule has 0 bridgehead atoms. The number of carbonyl (C=O) groups is 2. The predicted molar refractivity (Wildman–Crippen MR) is 100 cm³/mol. The van der Waals surface area contributed by atoms with Gasteiger partial charge in [-0.15, -0.1) is 0 Å². The second-order valence-electron chi connectivity index (χ2n) is 8.11. The Kier molecular flexibility index (Phi) is 6.59. The highest BCUT2D eigenvalue weighted by Gasteiger charge is 2.33. The maximum atomic E-state index is 12.9. The first kappa shape index (κ1) is 22.0. The van der Waals surface area contributed by atoms with E-state index in [0.29, 0.717) is 31.9 Å². The second-order valence-corrected chi connectivity index (χ2v) is 8.11. The van der Waals surface area contributed by atoms with E-state index < -0.39 is 29.4 Å². The van der Waals surface area contributed by atoms with Crippen molar-refractivity contribution in [3.05, 3.63) is 29.8 Å². The summed E-state index contributed by atoms with van der Waals surface area (Å²) in [6.45, 7) is 9.44. The van der Waals surface area contributed by atoms with Gasteiger partial charge in [-0.1, -0.05) is 6.07 Å². The number of imide groups is 1. The van der Waals surface area contributed by atoms with Crippen molar-refractivity contribution in [2.45, 2.75) is 45.5 Å². The summed E-state index contributed by atoms with van der Waals surface area (Å²) in [4.78, 5) is 27.0. The van der Waals surface area contributed by atoms with Gasteiger partial charge in [0.1, 0.15) is 0 Å². The van der Waals surface area contributed by atoms with Gasteiger partial charge in [-0.2, -0.15) is 13.2 Å². The summed E-state index contributed by atoms with van der Waals surface area (Å²) in [6.07, 6.45) is -4.37. The number of anilines is 1. The topological polar surface area (TPSA) is 65.9 Å². The van der Waals surface area contributed by atoms with Gasteiger partial charge in [0.15, 0.2) is 6.04 Å². The molecule has 1 atom stereocenters. The SMILES string of the molecule is C[C@@H](C(=O)NC(=O)NC(C)(C)C)[NH+]1CCN(c2cccc(C(F)(F)F)c2)CC1. The van der Waals surface area contributed by atoms with Crippen LogP contribution in [0.4, 0.5) is 23.7 Å². The highest BCUT2D eigenvalue weighted by atomic mass is 19.4. The van der Waals surface area contributed by atoms with Crippen LogP contribution in [-0.2, 0) is 11.0 Å². The molecule has 0 spiro atoms. The minimum Gasteiger partial charge on any atom is -0.360 e. The molecule has 1 aliphatic heterocycles. The van der Waals surface area contributed by atoms with Crippen LogP contribution in [0.15, 0.2) is 24.3 Å². The molecule has 1 fully saturated rings. The van der Waals surface area contributed by atoms with Crippen LogP contribution in [-0.4, -0.2) is 49.7 Å². The zero-order valence-corrected chi connectivity index (χ0v) is 16.6. The van der Waals surface area contributed by atoms with Gasteiger partial charge in [-0.25, -0.2) is 4.79 Å². The van der Waals surface area contributed by atoms with E-state index in [9.17, 15) is 22.8 Å². The van der Waals surface area contributed by atoms with Crippen molar-refractivity contribution in [3.63, 3.8) is 0 Å². The van der Waals surface area contributed by atoms with E-state index in [4.69, 9.17) is 0 Å². The van der Waals surface area contributed by atoms with Crippen LogP contribution in [0.5, 0.6) is 0 Å². The lowest BCUT2D eigenvalue weighted by molar-refractivity contribution is -0.914. The Hall–Kier alpha value is -2.29. The van der Waals surface area contributed by atoms with E-state index in [1.165, 1.54) is 6.07 Å². The number of nitrogens with one attached hydrogen (secondary N) is 3. The van der Waals surface area contributed by atoms with E-state index in [-0.39, 0.29) is 5.91 Å². The number of amides is 3. The number of urea groups is 1. The molecule has 1 aliphatic rings. The van der Waals surface area contributed by atoms with Crippen LogP contribution >= 0.6 is 0 Å². The molecule has 3 N–H and O–H groups in total. The highest BCUT2D eigenvalue weighted by Crippen LogP contribution is 2.31. The van der Waals surface area contributed by atoms with Crippen molar-refractivity contribution in [1.82, 2.24) is 10.6 Å². The number of carbonyl (C=O) groups excluding carboxylic acids is 2. The Morgan fingerprint density at radius 2 is 1.75 bits per heavy atom. The summed E-state index contributed by atoms with van der Waals surface area (Å²) in [7, 11) is 0. The Labute approximate surface area is 163 Å². The van der Waals surface area contributed by atoms with E-state index in [1.807, 2.05) is 25.7 Å². The zero-order chi connectivity index (χ0) is 21.1. The number of piperazine rings is 1. The van der Waals surface area contributed by atoms with E-state index >= 15 is 0 Å². The number of alkyl halides is 3. The van der Waals surface area contributed by atoms with Gasteiger partial charge in [-0.3, -0.25) is 10.1 Å². The minimum absolute atomic E-state index is 0.371. The maximum Gasteiger partial charge on any atom is 0.416 e. The quantitative estimate of drug-likeness (QED) is 0.718. The fraction of sp³-hybridized carbons (Fsp3) is 0.579. The highest BCUT2D eigenvalue weighted by molar-refractivity contribution is 5.96. The predicted octanol–water partition coefficient (Wildman–Crippen LogP) is 1.42. The molecule has 0 radical (unpaired) electrons. The van der Waals surface area contributed by atoms with Gasteiger partial charge >= 0.3 is 12.2 Å². The summed E-state index contributed by atoms with van der Waals surface area (Å²) in [5, 5.41) is 5.03. The first-order valence-corrected chi connectivity index (χ1v) is 9.26. The van der Waals surface area contributed by atoms with Crippen LogP contribution in [0, 0.1) is 0 Å². The van der Waals surface area contributed by atoms with Crippen LogP contribution in [0.1, 0.15) is 33.3 Å². The van der Waals surface area contributed by atoms with E-state index in [1.54, 1.807) is 13.0 Å². The average molecular weight is 401 g/mol. The smallest absolute Gasteiger partial charge is 0.360 e. The largest absolute Gasteiger partial charge is 0.416 e. The number of hydrogen-bond donors (Lipinski definition) is 3. The number of quaternary nitrogens is 1. The van der Waals surface area contributed by atoms with Gasteiger partial charge in [0.2, 0.25) is 0 Å². The third-order valence-electron chi connectivity index (χ3n) is 4.68. The Morgan fingerprint density at radius 3 is 2.29 bits per heavy atom.